The number of thioether (sulfide) groups is 1. The lowest BCUT2D eigenvalue weighted by molar-refractivity contribution is -0.119. The van der Waals surface area contributed by atoms with Crippen molar-refractivity contribution < 1.29 is 14.3 Å². The van der Waals surface area contributed by atoms with Crippen molar-refractivity contribution >= 4 is 29.3 Å². The van der Waals surface area contributed by atoms with Gasteiger partial charge in [0, 0.05) is 10.6 Å². The second-order valence-corrected chi connectivity index (χ2v) is 6.68. The van der Waals surface area contributed by atoms with Crippen LogP contribution in [0.4, 0.5) is 5.69 Å². The fourth-order valence-electron chi connectivity index (χ4n) is 2.18. The lowest BCUT2D eigenvalue weighted by Crippen LogP contribution is -2.21. The van der Waals surface area contributed by atoms with Gasteiger partial charge in [-0.05, 0) is 48.9 Å². The number of hydrogen-bond donors (Lipinski definition) is 1. The van der Waals surface area contributed by atoms with Crippen LogP contribution in [0.1, 0.15) is 28.4 Å². The van der Waals surface area contributed by atoms with Crippen molar-refractivity contribution in [2.24, 2.45) is 0 Å². The van der Waals surface area contributed by atoms with Crippen molar-refractivity contribution in [1.82, 2.24) is 0 Å². The van der Waals surface area contributed by atoms with Crippen molar-refractivity contribution in [2.45, 2.75) is 25.7 Å². The number of ether oxygens (including phenoxy) is 1. The number of nitrogens with one attached hydrogen (secondary N) is 1. The highest BCUT2D eigenvalue weighted by molar-refractivity contribution is 7.99. The number of hydrogen-bond acceptors (Lipinski definition) is 4. The van der Waals surface area contributed by atoms with Gasteiger partial charge < -0.3 is 10.1 Å². The molecular weight excluding hydrogens is 322 g/mol. The number of rotatable bonds is 6. The van der Waals surface area contributed by atoms with Crippen molar-refractivity contribution in [3.8, 4) is 0 Å². The summed E-state index contributed by atoms with van der Waals surface area (Å²) in [6, 6.07) is 13.1. The average Bonchev–Trinajstić information content (AvgIpc) is 2.57. The molecule has 0 saturated carbocycles. The van der Waals surface area contributed by atoms with E-state index in [1.807, 2.05) is 51.1 Å². The van der Waals surface area contributed by atoms with E-state index in [9.17, 15) is 9.59 Å². The third kappa shape index (κ3) is 4.86. The summed E-state index contributed by atoms with van der Waals surface area (Å²) in [7, 11) is 0. The molecule has 0 aliphatic rings. The molecule has 0 atom stereocenters. The Kier molecular flexibility index (Phi) is 6.44. The monoisotopic (exact) mass is 343 g/mol. The molecule has 0 aromatic heterocycles. The SMILES string of the molecule is CCSc1ccccc1C(=O)OCC(=O)Nc1cc(C)ccc1C. The molecule has 0 heterocycles. The smallest absolute Gasteiger partial charge is 0.339 e. The van der Waals surface area contributed by atoms with Crippen molar-refractivity contribution in [3.05, 3.63) is 59.2 Å². The first-order chi connectivity index (χ1) is 11.5. The maximum absolute atomic E-state index is 12.2. The van der Waals surface area contributed by atoms with Crippen LogP contribution >= 0.6 is 11.8 Å². The molecule has 0 bridgehead atoms. The van der Waals surface area contributed by atoms with Crippen LogP contribution in [0, 0.1) is 13.8 Å². The second-order valence-electron chi connectivity index (χ2n) is 5.37. The van der Waals surface area contributed by atoms with Crippen LogP contribution in [-0.4, -0.2) is 24.2 Å². The Balaban J connectivity index is 1.96. The molecular formula is C19H21NO3S. The molecule has 0 unspecified atom stereocenters. The van der Waals surface area contributed by atoms with E-state index in [-0.39, 0.29) is 12.5 Å². The first kappa shape index (κ1) is 18.1. The van der Waals surface area contributed by atoms with Crippen LogP contribution in [0.25, 0.3) is 0 Å². The van der Waals surface area contributed by atoms with Gasteiger partial charge in [-0.15, -0.1) is 11.8 Å². The summed E-state index contributed by atoms with van der Waals surface area (Å²) < 4.78 is 5.15. The Bertz CT molecular complexity index is 743. The van der Waals surface area contributed by atoms with Gasteiger partial charge >= 0.3 is 5.97 Å². The topological polar surface area (TPSA) is 55.4 Å². The van der Waals surface area contributed by atoms with Crippen LogP contribution in [0.5, 0.6) is 0 Å². The van der Waals surface area contributed by atoms with E-state index in [1.165, 1.54) is 0 Å². The van der Waals surface area contributed by atoms with Crippen molar-refractivity contribution in [3.63, 3.8) is 0 Å². The number of benzene rings is 2. The fraction of sp³-hybridized carbons (Fsp3) is 0.263. The summed E-state index contributed by atoms with van der Waals surface area (Å²) in [5.41, 5.74) is 3.24. The number of carbonyl (C=O) groups excluding carboxylic acids is 2. The van der Waals surface area contributed by atoms with Gasteiger partial charge in [0.15, 0.2) is 6.61 Å². The number of carbonyl (C=O) groups is 2. The van der Waals surface area contributed by atoms with Gasteiger partial charge in [0.05, 0.1) is 5.56 Å². The van der Waals surface area contributed by atoms with Gasteiger partial charge in [-0.1, -0.05) is 31.2 Å². The Morgan fingerprint density at radius 3 is 2.62 bits per heavy atom. The molecule has 1 N–H and O–H groups in total. The molecule has 24 heavy (non-hydrogen) atoms. The first-order valence-corrected chi connectivity index (χ1v) is 8.76. The molecule has 0 spiro atoms. The number of anilines is 1. The average molecular weight is 343 g/mol. The maximum Gasteiger partial charge on any atom is 0.339 e. The standard InChI is InChI=1S/C19H21NO3S/c1-4-24-17-8-6-5-7-15(17)19(22)23-12-18(21)20-16-11-13(2)9-10-14(16)3/h5-11H,4,12H2,1-3H3,(H,20,21). The van der Waals surface area contributed by atoms with E-state index in [0.29, 0.717) is 5.56 Å². The summed E-state index contributed by atoms with van der Waals surface area (Å²) in [6.07, 6.45) is 0. The highest BCUT2D eigenvalue weighted by Gasteiger charge is 2.14. The first-order valence-electron chi connectivity index (χ1n) is 7.77. The van der Waals surface area contributed by atoms with E-state index in [0.717, 1.165) is 27.5 Å². The Labute approximate surface area is 146 Å². The summed E-state index contributed by atoms with van der Waals surface area (Å²) in [4.78, 5) is 25.1. The van der Waals surface area contributed by atoms with Crippen LogP contribution in [0.3, 0.4) is 0 Å². The van der Waals surface area contributed by atoms with Crippen LogP contribution in [0.15, 0.2) is 47.4 Å². The number of aryl methyl sites for hydroxylation is 2. The third-order valence-corrected chi connectivity index (χ3v) is 4.36. The Morgan fingerprint density at radius 1 is 1.12 bits per heavy atom. The minimum atomic E-state index is -0.484. The zero-order valence-corrected chi connectivity index (χ0v) is 14.9. The van der Waals surface area contributed by atoms with Crippen molar-refractivity contribution in [2.75, 3.05) is 17.7 Å². The van der Waals surface area contributed by atoms with Crippen LogP contribution in [-0.2, 0) is 9.53 Å². The molecule has 0 saturated heterocycles. The molecule has 0 aliphatic carbocycles. The van der Waals surface area contributed by atoms with Gasteiger partial charge in [-0.2, -0.15) is 0 Å². The lowest BCUT2D eigenvalue weighted by Gasteiger charge is -2.11. The summed E-state index contributed by atoms with van der Waals surface area (Å²) in [5, 5.41) is 2.78. The summed E-state index contributed by atoms with van der Waals surface area (Å²) in [6.45, 7) is 5.58. The van der Waals surface area contributed by atoms with Gasteiger partial charge in [0.1, 0.15) is 0 Å². The predicted molar refractivity (Wildman–Crippen MR) is 97.7 cm³/mol. The normalized spacial score (nSPS) is 10.3. The summed E-state index contributed by atoms with van der Waals surface area (Å²) >= 11 is 1.57. The second kappa shape index (κ2) is 8.55. The minimum absolute atomic E-state index is 0.308. The third-order valence-electron chi connectivity index (χ3n) is 3.41. The van der Waals surface area contributed by atoms with Gasteiger partial charge in [0.25, 0.3) is 5.91 Å². The quantitative estimate of drug-likeness (QED) is 0.630. The molecule has 5 heteroatoms. The lowest BCUT2D eigenvalue weighted by atomic mass is 10.1. The largest absolute Gasteiger partial charge is 0.452 e. The van der Waals surface area contributed by atoms with Gasteiger partial charge in [0.2, 0.25) is 0 Å². The van der Waals surface area contributed by atoms with E-state index >= 15 is 0 Å². The maximum atomic E-state index is 12.2. The van der Waals surface area contributed by atoms with Crippen LogP contribution < -0.4 is 5.32 Å². The molecule has 126 valence electrons. The van der Waals surface area contributed by atoms with Crippen molar-refractivity contribution in [1.29, 1.82) is 0 Å². The zero-order chi connectivity index (χ0) is 17.5. The molecule has 0 radical (unpaired) electrons. The minimum Gasteiger partial charge on any atom is -0.452 e. The summed E-state index contributed by atoms with van der Waals surface area (Å²) in [5.74, 6) is 0.0255. The Hall–Kier alpha value is -2.27. The highest BCUT2D eigenvalue weighted by Crippen LogP contribution is 2.23. The number of esters is 1. The molecule has 2 aromatic carbocycles. The molecule has 0 aliphatic heterocycles. The van der Waals surface area contributed by atoms with Gasteiger partial charge in [-0.3, -0.25) is 4.79 Å². The highest BCUT2D eigenvalue weighted by atomic mass is 32.2. The van der Waals surface area contributed by atoms with E-state index in [2.05, 4.69) is 5.32 Å². The molecule has 1 amide bonds. The zero-order valence-electron chi connectivity index (χ0n) is 14.1. The molecule has 0 fully saturated rings. The molecule has 4 nitrogen and oxygen atoms in total. The molecule has 2 aromatic rings. The molecule has 2 rings (SSSR count). The van der Waals surface area contributed by atoms with Gasteiger partial charge in [-0.25, -0.2) is 4.79 Å². The van der Waals surface area contributed by atoms with E-state index in [4.69, 9.17) is 4.74 Å². The fourth-order valence-corrected chi connectivity index (χ4v) is 2.97. The van der Waals surface area contributed by atoms with E-state index < -0.39 is 5.97 Å². The predicted octanol–water partition coefficient (Wildman–Crippen LogP) is 4.21. The van der Waals surface area contributed by atoms with E-state index in [1.54, 1.807) is 23.9 Å². The Morgan fingerprint density at radius 2 is 1.88 bits per heavy atom. The number of amides is 1. The van der Waals surface area contributed by atoms with Crippen LogP contribution in [0.2, 0.25) is 0 Å².